The van der Waals surface area contributed by atoms with Crippen molar-refractivity contribution in [2.24, 2.45) is 0 Å². The lowest BCUT2D eigenvalue weighted by atomic mass is 10.1. The van der Waals surface area contributed by atoms with Crippen LogP contribution in [0.1, 0.15) is 37.2 Å². The number of hydrogen-bond donors (Lipinski definition) is 0. The van der Waals surface area contributed by atoms with Gasteiger partial charge in [-0.1, -0.05) is 43.1 Å². The molecule has 0 spiro atoms. The summed E-state index contributed by atoms with van der Waals surface area (Å²) in [5.41, 5.74) is 3.83. The minimum atomic E-state index is -0.233. The van der Waals surface area contributed by atoms with E-state index in [0.717, 1.165) is 42.9 Å². The van der Waals surface area contributed by atoms with Gasteiger partial charge in [-0.25, -0.2) is 14.0 Å². The van der Waals surface area contributed by atoms with Crippen molar-refractivity contribution >= 4 is 28.9 Å². The van der Waals surface area contributed by atoms with Gasteiger partial charge >= 0.3 is 5.69 Å². The summed E-state index contributed by atoms with van der Waals surface area (Å²) < 4.78 is 3.04. The van der Waals surface area contributed by atoms with Crippen molar-refractivity contribution in [3.05, 3.63) is 68.9 Å². The first-order valence-corrected chi connectivity index (χ1v) is 11.8. The third kappa shape index (κ3) is 4.48. The van der Waals surface area contributed by atoms with Gasteiger partial charge in [-0.3, -0.25) is 9.69 Å². The SMILES string of the molecule is CCN(CC)CCCn1nc2n(c1=O)-c1ccc(Cl)cc1N(c1ccc(C)cc1C)C(=O)C2. The first-order valence-electron chi connectivity index (χ1n) is 11.4. The number of amides is 1. The molecule has 4 rings (SSSR count). The standard InChI is InChI=1S/C25H30ClN5O2/c1-5-28(6-2)12-7-13-29-25(33)31-21-11-9-19(26)15-22(21)30(24(32)16-23(31)27-29)20-10-8-17(3)14-18(20)4/h8-11,14-15H,5-7,12-13,16H2,1-4H3. The van der Waals surface area contributed by atoms with E-state index in [-0.39, 0.29) is 18.0 Å². The lowest BCUT2D eigenvalue weighted by Crippen LogP contribution is -2.29. The molecule has 0 atom stereocenters. The molecule has 2 heterocycles. The van der Waals surface area contributed by atoms with Crippen LogP contribution in [0.25, 0.3) is 5.69 Å². The number of carbonyl (C=O) groups is 1. The number of carbonyl (C=O) groups excluding carboxylic acids is 1. The summed E-state index contributed by atoms with van der Waals surface area (Å²) >= 11 is 6.34. The van der Waals surface area contributed by atoms with Gasteiger partial charge in [0, 0.05) is 11.6 Å². The van der Waals surface area contributed by atoms with Crippen molar-refractivity contribution in [2.75, 3.05) is 24.5 Å². The quantitative estimate of drug-likeness (QED) is 0.521. The second-order valence-electron chi connectivity index (χ2n) is 8.47. The highest BCUT2D eigenvalue weighted by molar-refractivity contribution is 6.31. The van der Waals surface area contributed by atoms with E-state index in [0.29, 0.717) is 28.8 Å². The van der Waals surface area contributed by atoms with Crippen molar-refractivity contribution in [3.63, 3.8) is 0 Å². The number of anilines is 2. The number of aromatic nitrogens is 3. The Kier molecular flexibility index (Phi) is 6.72. The van der Waals surface area contributed by atoms with E-state index in [2.05, 4.69) is 23.8 Å². The maximum atomic E-state index is 13.5. The summed E-state index contributed by atoms with van der Waals surface area (Å²) in [6.45, 7) is 11.6. The van der Waals surface area contributed by atoms with Crippen LogP contribution in [0, 0.1) is 13.8 Å². The maximum absolute atomic E-state index is 13.5. The van der Waals surface area contributed by atoms with E-state index in [1.54, 1.807) is 27.7 Å². The fraction of sp³-hybridized carbons (Fsp3) is 0.400. The summed E-state index contributed by atoms with van der Waals surface area (Å²) in [5, 5.41) is 5.06. The smallest absolute Gasteiger partial charge is 0.304 e. The van der Waals surface area contributed by atoms with Crippen LogP contribution in [0.15, 0.2) is 41.2 Å². The summed E-state index contributed by atoms with van der Waals surface area (Å²) in [6, 6.07) is 11.2. The zero-order valence-corrected chi connectivity index (χ0v) is 20.4. The molecule has 1 aliphatic heterocycles. The normalized spacial score (nSPS) is 13.3. The zero-order valence-electron chi connectivity index (χ0n) is 19.6. The Hall–Kier alpha value is -2.90. The Morgan fingerprint density at radius 3 is 2.42 bits per heavy atom. The third-order valence-corrected chi connectivity index (χ3v) is 6.45. The van der Waals surface area contributed by atoms with Crippen LogP contribution in [0.2, 0.25) is 5.02 Å². The Balaban J connectivity index is 1.78. The Labute approximate surface area is 199 Å². The van der Waals surface area contributed by atoms with Crippen molar-refractivity contribution < 1.29 is 4.79 Å². The summed E-state index contributed by atoms with van der Waals surface area (Å²) in [5.74, 6) is 0.299. The summed E-state index contributed by atoms with van der Waals surface area (Å²) in [6.07, 6.45) is 0.839. The fourth-order valence-electron chi connectivity index (χ4n) is 4.47. The monoisotopic (exact) mass is 467 g/mol. The topological polar surface area (TPSA) is 63.4 Å². The van der Waals surface area contributed by atoms with E-state index >= 15 is 0 Å². The van der Waals surface area contributed by atoms with Crippen LogP contribution in [0.5, 0.6) is 0 Å². The van der Waals surface area contributed by atoms with Crippen molar-refractivity contribution in [3.8, 4) is 5.69 Å². The summed E-state index contributed by atoms with van der Waals surface area (Å²) in [4.78, 5) is 30.9. The highest BCUT2D eigenvalue weighted by Crippen LogP contribution is 2.37. The molecule has 8 heteroatoms. The number of nitrogens with zero attached hydrogens (tertiary/aromatic N) is 5. The highest BCUT2D eigenvalue weighted by Gasteiger charge is 2.31. The second kappa shape index (κ2) is 9.53. The van der Waals surface area contributed by atoms with E-state index in [1.807, 2.05) is 32.0 Å². The number of hydrogen-bond acceptors (Lipinski definition) is 4. The van der Waals surface area contributed by atoms with Gasteiger partial charge in [0.2, 0.25) is 5.91 Å². The molecular formula is C25H30ClN5O2. The number of halogens is 1. The Morgan fingerprint density at radius 1 is 1.00 bits per heavy atom. The fourth-order valence-corrected chi connectivity index (χ4v) is 4.64. The molecule has 0 unspecified atom stereocenters. The predicted octanol–water partition coefficient (Wildman–Crippen LogP) is 4.26. The number of benzene rings is 2. The van der Waals surface area contributed by atoms with Gasteiger partial charge in [0.15, 0.2) is 0 Å². The molecule has 0 fully saturated rings. The third-order valence-electron chi connectivity index (χ3n) is 6.22. The van der Waals surface area contributed by atoms with Gasteiger partial charge in [0.1, 0.15) is 5.82 Å². The molecule has 3 aromatic rings. The van der Waals surface area contributed by atoms with Crippen molar-refractivity contribution in [2.45, 2.75) is 47.1 Å². The average Bonchev–Trinajstić information content (AvgIpc) is 3.01. The van der Waals surface area contributed by atoms with Gasteiger partial charge in [0.05, 0.1) is 23.5 Å². The van der Waals surface area contributed by atoms with Crippen LogP contribution in [0.4, 0.5) is 11.4 Å². The molecule has 0 bridgehead atoms. The molecule has 7 nitrogen and oxygen atoms in total. The Morgan fingerprint density at radius 2 is 1.73 bits per heavy atom. The first kappa shape index (κ1) is 23.3. The molecule has 0 N–H and O–H groups in total. The van der Waals surface area contributed by atoms with Crippen LogP contribution >= 0.6 is 11.6 Å². The zero-order chi connectivity index (χ0) is 23.7. The molecule has 0 radical (unpaired) electrons. The molecule has 1 aromatic heterocycles. The molecule has 33 heavy (non-hydrogen) atoms. The number of aryl methyl sites for hydroxylation is 3. The Bertz CT molecular complexity index is 1240. The van der Waals surface area contributed by atoms with Gasteiger partial charge in [-0.2, -0.15) is 5.10 Å². The lowest BCUT2D eigenvalue weighted by Gasteiger charge is -2.25. The van der Waals surface area contributed by atoms with Crippen molar-refractivity contribution in [1.29, 1.82) is 0 Å². The molecule has 0 aliphatic carbocycles. The van der Waals surface area contributed by atoms with Gasteiger partial charge in [-0.15, -0.1) is 0 Å². The average molecular weight is 468 g/mol. The number of rotatable bonds is 7. The van der Waals surface area contributed by atoms with Crippen LogP contribution in [0.3, 0.4) is 0 Å². The second-order valence-corrected chi connectivity index (χ2v) is 8.90. The van der Waals surface area contributed by atoms with Crippen LogP contribution in [-0.4, -0.2) is 44.8 Å². The molecule has 0 saturated heterocycles. The molecule has 1 amide bonds. The van der Waals surface area contributed by atoms with Gasteiger partial charge in [0.25, 0.3) is 0 Å². The minimum Gasteiger partial charge on any atom is -0.304 e. The predicted molar refractivity (Wildman–Crippen MR) is 132 cm³/mol. The van der Waals surface area contributed by atoms with E-state index < -0.39 is 0 Å². The van der Waals surface area contributed by atoms with E-state index in [4.69, 9.17) is 11.6 Å². The molecule has 1 aliphatic rings. The van der Waals surface area contributed by atoms with Gasteiger partial charge < -0.3 is 4.90 Å². The maximum Gasteiger partial charge on any atom is 0.350 e. The first-order chi connectivity index (χ1) is 15.8. The van der Waals surface area contributed by atoms with Crippen molar-refractivity contribution in [1.82, 2.24) is 19.2 Å². The highest BCUT2D eigenvalue weighted by atomic mass is 35.5. The van der Waals surface area contributed by atoms with E-state index in [9.17, 15) is 9.59 Å². The van der Waals surface area contributed by atoms with Gasteiger partial charge in [-0.05, 0) is 69.7 Å². The molecular weight excluding hydrogens is 438 g/mol. The number of fused-ring (bicyclic) bond motifs is 3. The minimum absolute atomic E-state index is 0.0257. The van der Waals surface area contributed by atoms with Crippen LogP contribution in [-0.2, 0) is 17.8 Å². The molecule has 2 aromatic carbocycles. The lowest BCUT2D eigenvalue weighted by molar-refractivity contribution is -0.117. The summed E-state index contributed by atoms with van der Waals surface area (Å²) in [7, 11) is 0. The van der Waals surface area contributed by atoms with E-state index in [1.165, 1.54) is 4.68 Å². The molecule has 0 saturated carbocycles. The van der Waals surface area contributed by atoms with Crippen LogP contribution < -0.4 is 10.6 Å². The molecule has 174 valence electrons. The largest absolute Gasteiger partial charge is 0.350 e.